The van der Waals surface area contributed by atoms with Crippen molar-refractivity contribution in [1.82, 2.24) is 25.1 Å². The quantitative estimate of drug-likeness (QED) is 0.805. The van der Waals surface area contributed by atoms with Gasteiger partial charge in [0.1, 0.15) is 11.9 Å². The van der Waals surface area contributed by atoms with Gasteiger partial charge in [0, 0.05) is 25.6 Å². The van der Waals surface area contributed by atoms with E-state index in [4.69, 9.17) is 4.74 Å². The molecule has 26 heavy (non-hydrogen) atoms. The third-order valence-corrected chi connectivity index (χ3v) is 3.93. The van der Waals surface area contributed by atoms with Crippen LogP contribution in [0.2, 0.25) is 0 Å². The number of piperidine rings is 1. The van der Waals surface area contributed by atoms with Crippen LogP contribution in [0.4, 0.5) is 24.8 Å². The molecule has 0 radical (unpaired) electrons. The van der Waals surface area contributed by atoms with Gasteiger partial charge in [-0.25, -0.2) is 4.39 Å². The average molecular weight is 372 g/mol. The minimum Gasteiger partial charge on any atom is -0.470 e. The Morgan fingerprint density at radius 2 is 2.19 bits per heavy atom. The number of H-pyrrole nitrogens is 1. The molecule has 3 rings (SSSR count). The molecule has 0 saturated carbocycles. The van der Waals surface area contributed by atoms with Crippen molar-refractivity contribution in [3.63, 3.8) is 0 Å². The summed E-state index contributed by atoms with van der Waals surface area (Å²) in [5.41, 5.74) is -1.51. The first-order chi connectivity index (χ1) is 12.3. The zero-order valence-corrected chi connectivity index (χ0v) is 14.2. The van der Waals surface area contributed by atoms with Crippen LogP contribution in [0.25, 0.3) is 0 Å². The molecule has 0 unspecified atom stereocenters. The molecule has 2 aromatic heterocycles. The lowest BCUT2D eigenvalue weighted by Crippen LogP contribution is -2.53. The molecule has 1 saturated heterocycles. The van der Waals surface area contributed by atoms with Gasteiger partial charge in [-0.1, -0.05) is 0 Å². The van der Waals surface area contributed by atoms with Gasteiger partial charge in [-0.2, -0.15) is 13.8 Å². The normalized spacial score (nSPS) is 23.8. The SMILES string of the molecule is CN1CC[C@H](Oc2cncc(Nc3cc(OC(F)F)n[nH]3)n2)[C@@](C)(F)C1. The van der Waals surface area contributed by atoms with Gasteiger partial charge in [-0.15, -0.1) is 5.10 Å². The molecule has 8 nitrogen and oxygen atoms in total. The zero-order chi connectivity index (χ0) is 18.7. The Hall–Kier alpha value is -2.56. The number of alkyl halides is 3. The highest BCUT2D eigenvalue weighted by Crippen LogP contribution is 2.28. The average Bonchev–Trinajstić information content (AvgIpc) is 2.96. The van der Waals surface area contributed by atoms with Gasteiger partial charge in [-0.05, 0) is 14.0 Å². The second kappa shape index (κ2) is 7.36. The van der Waals surface area contributed by atoms with Gasteiger partial charge < -0.3 is 19.7 Å². The first-order valence-corrected chi connectivity index (χ1v) is 7.95. The lowest BCUT2D eigenvalue weighted by molar-refractivity contribution is -0.0528. The van der Waals surface area contributed by atoms with Crippen LogP contribution in [0.5, 0.6) is 11.8 Å². The first kappa shape index (κ1) is 18.2. The minimum atomic E-state index is -2.97. The lowest BCUT2D eigenvalue weighted by atomic mass is 9.93. The van der Waals surface area contributed by atoms with Crippen molar-refractivity contribution in [2.75, 3.05) is 25.5 Å². The molecule has 0 amide bonds. The summed E-state index contributed by atoms with van der Waals surface area (Å²) in [6.45, 7) is -0.481. The van der Waals surface area contributed by atoms with E-state index < -0.39 is 18.4 Å². The number of ether oxygens (including phenoxy) is 2. The molecule has 1 aliphatic heterocycles. The highest BCUT2D eigenvalue weighted by Gasteiger charge is 2.41. The lowest BCUT2D eigenvalue weighted by Gasteiger charge is -2.39. The third kappa shape index (κ3) is 4.54. The van der Waals surface area contributed by atoms with E-state index >= 15 is 0 Å². The molecule has 1 aliphatic rings. The van der Waals surface area contributed by atoms with Crippen molar-refractivity contribution in [2.24, 2.45) is 0 Å². The number of hydrogen-bond donors (Lipinski definition) is 2. The summed E-state index contributed by atoms with van der Waals surface area (Å²) in [6, 6.07) is 1.25. The molecule has 2 aromatic rings. The summed E-state index contributed by atoms with van der Waals surface area (Å²) in [5.74, 6) is 0.462. The van der Waals surface area contributed by atoms with Crippen LogP contribution in [0.3, 0.4) is 0 Å². The van der Waals surface area contributed by atoms with E-state index in [2.05, 4.69) is 30.2 Å². The Labute approximate surface area is 147 Å². The molecular formula is C15H19F3N6O2. The summed E-state index contributed by atoms with van der Waals surface area (Å²) < 4.78 is 48.9. The predicted molar refractivity (Wildman–Crippen MR) is 86.6 cm³/mol. The standard InChI is InChI=1S/C15H19F3N6O2/c1-15(18)8-24(2)4-3-9(15)25-13-7-19-6-11(21-13)20-10-5-12(23-22-10)26-14(16)17/h5-7,9,14H,3-4,8H2,1-2H3,(H2,20,21,22,23)/t9-,15-/m0/s1. The van der Waals surface area contributed by atoms with Crippen LogP contribution in [0, 0.1) is 0 Å². The highest BCUT2D eigenvalue weighted by molar-refractivity contribution is 5.52. The van der Waals surface area contributed by atoms with E-state index in [1.54, 1.807) is 0 Å². The van der Waals surface area contributed by atoms with E-state index in [0.29, 0.717) is 6.42 Å². The number of anilines is 2. The Morgan fingerprint density at radius 1 is 1.38 bits per heavy atom. The van der Waals surface area contributed by atoms with E-state index in [-0.39, 0.29) is 29.9 Å². The Balaban J connectivity index is 1.65. The molecule has 0 bridgehead atoms. The maximum absolute atomic E-state index is 14.7. The van der Waals surface area contributed by atoms with Crippen LogP contribution < -0.4 is 14.8 Å². The fraction of sp³-hybridized carbons (Fsp3) is 0.533. The largest absolute Gasteiger partial charge is 0.470 e. The number of aromatic amines is 1. The molecule has 11 heteroatoms. The topological polar surface area (TPSA) is 88.2 Å². The maximum Gasteiger partial charge on any atom is 0.388 e. The summed E-state index contributed by atoms with van der Waals surface area (Å²) in [5, 5.41) is 8.86. The molecule has 2 atom stereocenters. The fourth-order valence-electron chi connectivity index (χ4n) is 2.80. The van der Waals surface area contributed by atoms with Crippen LogP contribution in [0.15, 0.2) is 18.5 Å². The predicted octanol–water partition coefficient (Wildman–Crippen LogP) is 2.36. The van der Waals surface area contributed by atoms with Gasteiger partial charge in [0.2, 0.25) is 11.8 Å². The summed E-state index contributed by atoms with van der Waals surface area (Å²) in [7, 11) is 1.86. The van der Waals surface area contributed by atoms with E-state index in [9.17, 15) is 13.2 Å². The van der Waals surface area contributed by atoms with Crippen LogP contribution in [-0.4, -0.2) is 63.6 Å². The second-order valence-electron chi connectivity index (χ2n) is 6.28. The number of likely N-dealkylation sites (tertiary alicyclic amines) is 1. The zero-order valence-electron chi connectivity index (χ0n) is 14.2. The third-order valence-electron chi connectivity index (χ3n) is 3.93. The first-order valence-electron chi connectivity index (χ1n) is 7.95. The molecule has 3 heterocycles. The molecule has 0 spiro atoms. The summed E-state index contributed by atoms with van der Waals surface area (Å²) in [4.78, 5) is 10.1. The van der Waals surface area contributed by atoms with Gasteiger partial charge in [-0.3, -0.25) is 10.1 Å². The number of halogens is 3. The monoisotopic (exact) mass is 372 g/mol. The van der Waals surface area contributed by atoms with Crippen molar-refractivity contribution >= 4 is 11.6 Å². The maximum atomic E-state index is 14.7. The number of rotatable bonds is 6. The van der Waals surface area contributed by atoms with Crippen molar-refractivity contribution in [3.05, 3.63) is 18.5 Å². The summed E-state index contributed by atoms with van der Waals surface area (Å²) >= 11 is 0. The van der Waals surface area contributed by atoms with E-state index in [1.165, 1.54) is 25.4 Å². The number of nitrogens with one attached hydrogen (secondary N) is 2. The Morgan fingerprint density at radius 3 is 2.92 bits per heavy atom. The number of hydrogen-bond acceptors (Lipinski definition) is 7. The second-order valence-corrected chi connectivity index (χ2v) is 6.28. The number of nitrogens with zero attached hydrogens (tertiary/aromatic N) is 4. The van der Waals surface area contributed by atoms with Crippen molar-refractivity contribution in [3.8, 4) is 11.8 Å². The molecule has 0 aliphatic carbocycles. The highest BCUT2D eigenvalue weighted by atomic mass is 19.3. The van der Waals surface area contributed by atoms with Crippen LogP contribution >= 0.6 is 0 Å². The van der Waals surface area contributed by atoms with Gasteiger partial charge in [0.25, 0.3) is 0 Å². The minimum absolute atomic E-state index is 0.164. The van der Waals surface area contributed by atoms with Crippen molar-refractivity contribution in [2.45, 2.75) is 31.7 Å². The summed E-state index contributed by atoms with van der Waals surface area (Å²) in [6.07, 6.45) is 2.68. The van der Waals surface area contributed by atoms with Gasteiger partial charge >= 0.3 is 6.61 Å². The molecule has 1 fully saturated rings. The van der Waals surface area contributed by atoms with Crippen molar-refractivity contribution in [1.29, 1.82) is 0 Å². The van der Waals surface area contributed by atoms with E-state index in [1.807, 2.05) is 11.9 Å². The van der Waals surface area contributed by atoms with Gasteiger partial charge in [0.15, 0.2) is 11.5 Å². The van der Waals surface area contributed by atoms with Crippen LogP contribution in [0.1, 0.15) is 13.3 Å². The van der Waals surface area contributed by atoms with E-state index in [0.717, 1.165) is 6.54 Å². The smallest absolute Gasteiger partial charge is 0.388 e. The molecule has 142 valence electrons. The fourth-order valence-corrected chi connectivity index (χ4v) is 2.80. The molecule has 2 N–H and O–H groups in total. The Bertz CT molecular complexity index is 742. The van der Waals surface area contributed by atoms with Gasteiger partial charge in [0.05, 0.1) is 12.4 Å². The molecular weight excluding hydrogens is 353 g/mol. The Kier molecular flexibility index (Phi) is 5.16. The number of aromatic nitrogens is 4. The van der Waals surface area contributed by atoms with Crippen LogP contribution in [-0.2, 0) is 0 Å². The van der Waals surface area contributed by atoms with Crippen molar-refractivity contribution < 1.29 is 22.6 Å². The molecule has 0 aromatic carbocycles.